The van der Waals surface area contributed by atoms with Gasteiger partial charge in [-0.05, 0) is 30.3 Å². The van der Waals surface area contributed by atoms with E-state index in [0.29, 0.717) is 36.6 Å². The number of aromatic amines is 1. The average Bonchev–Trinajstić information content (AvgIpc) is 3.52. The minimum absolute atomic E-state index is 0.0320. The number of nitrogens with zero attached hydrogens (tertiary/aromatic N) is 2. The highest BCUT2D eigenvalue weighted by Gasteiger charge is 2.47. The smallest absolute Gasteiger partial charge is 0.295 e. The molecular weight excluding hydrogens is 422 g/mol. The molecule has 1 unspecified atom stereocenters. The molecule has 1 aromatic carbocycles. The predicted octanol–water partition coefficient (Wildman–Crippen LogP) is 3.07. The third kappa shape index (κ3) is 3.94. The highest BCUT2D eigenvalue weighted by atomic mass is 35.5. The SMILES string of the molecule is COc1ccc(C(O)=C2C(=O)C(=O)N(CCC[n+]3cc[nH]c3)C2c2ccco2)cc1Cl. The van der Waals surface area contributed by atoms with Crippen LogP contribution in [0.2, 0.25) is 5.02 Å². The zero-order valence-electron chi connectivity index (χ0n) is 16.7. The number of aliphatic hydroxyl groups excluding tert-OH is 1. The first-order valence-corrected chi connectivity index (χ1v) is 10.1. The first-order valence-electron chi connectivity index (χ1n) is 9.69. The molecule has 160 valence electrons. The van der Waals surface area contributed by atoms with Gasteiger partial charge in [0.1, 0.15) is 35.7 Å². The molecule has 3 heterocycles. The maximum atomic E-state index is 12.9. The van der Waals surface area contributed by atoms with E-state index in [2.05, 4.69) is 4.98 Å². The van der Waals surface area contributed by atoms with Crippen molar-refractivity contribution in [2.45, 2.75) is 19.0 Å². The van der Waals surface area contributed by atoms with Gasteiger partial charge in [0, 0.05) is 18.5 Å². The van der Waals surface area contributed by atoms with Gasteiger partial charge in [-0.25, -0.2) is 4.57 Å². The molecule has 0 radical (unpaired) electrons. The molecule has 1 aliphatic heterocycles. The number of carbonyl (C=O) groups is 2. The normalized spacial score (nSPS) is 18.0. The van der Waals surface area contributed by atoms with Crippen LogP contribution in [-0.2, 0) is 16.1 Å². The molecule has 1 amide bonds. The number of imidazole rings is 1. The quantitative estimate of drug-likeness (QED) is 0.253. The number of carbonyl (C=O) groups excluding carboxylic acids is 2. The third-order valence-electron chi connectivity index (χ3n) is 5.20. The number of benzene rings is 1. The number of aryl methyl sites for hydroxylation is 1. The zero-order valence-corrected chi connectivity index (χ0v) is 17.5. The van der Waals surface area contributed by atoms with Crippen molar-refractivity contribution in [3.8, 4) is 5.75 Å². The van der Waals surface area contributed by atoms with Crippen LogP contribution >= 0.6 is 11.6 Å². The number of ketones is 1. The minimum Gasteiger partial charge on any atom is -0.507 e. The topological polar surface area (TPSA) is 99.6 Å². The van der Waals surface area contributed by atoms with Crippen molar-refractivity contribution in [2.24, 2.45) is 0 Å². The number of aromatic nitrogens is 2. The summed E-state index contributed by atoms with van der Waals surface area (Å²) in [5.74, 6) is -0.924. The van der Waals surface area contributed by atoms with Gasteiger partial charge in [-0.2, -0.15) is 0 Å². The summed E-state index contributed by atoms with van der Waals surface area (Å²) in [6, 6.07) is 7.18. The second kappa shape index (κ2) is 8.69. The Balaban J connectivity index is 1.70. The van der Waals surface area contributed by atoms with Crippen LogP contribution in [0, 0.1) is 0 Å². The Morgan fingerprint density at radius 1 is 1.35 bits per heavy atom. The lowest BCUT2D eigenvalue weighted by atomic mass is 9.99. The van der Waals surface area contributed by atoms with Crippen LogP contribution < -0.4 is 9.30 Å². The number of methoxy groups -OCH3 is 1. The molecule has 3 aromatic rings. The predicted molar refractivity (Wildman–Crippen MR) is 111 cm³/mol. The van der Waals surface area contributed by atoms with Gasteiger partial charge in [0.05, 0.1) is 30.5 Å². The van der Waals surface area contributed by atoms with Crippen LogP contribution in [0.5, 0.6) is 5.75 Å². The molecule has 31 heavy (non-hydrogen) atoms. The number of nitrogens with one attached hydrogen (secondary N) is 1. The van der Waals surface area contributed by atoms with E-state index >= 15 is 0 Å². The van der Waals surface area contributed by atoms with E-state index in [-0.39, 0.29) is 16.4 Å². The Bertz CT molecular complexity index is 1120. The number of rotatable bonds is 7. The van der Waals surface area contributed by atoms with Crippen LogP contribution in [0.15, 0.2) is 65.3 Å². The number of halogens is 1. The van der Waals surface area contributed by atoms with Crippen molar-refractivity contribution in [3.05, 3.63) is 77.2 Å². The Hall–Kier alpha value is -3.52. The van der Waals surface area contributed by atoms with Crippen molar-refractivity contribution in [3.63, 3.8) is 0 Å². The van der Waals surface area contributed by atoms with Gasteiger partial charge in [0.25, 0.3) is 11.7 Å². The van der Waals surface area contributed by atoms with Gasteiger partial charge in [0.15, 0.2) is 0 Å². The fourth-order valence-electron chi connectivity index (χ4n) is 3.71. The molecule has 8 nitrogen and oxygen atoms in total. The van der Waals surface area contributed by atoms with Crippen LogP contribution in [0.25, 0.3) is 5.76 Å². The third-order valence-corrected chi connectivity index (χ3v) is 5.49. The number of furan rings is 1. The van der Waals surface area contributed by atoms with E-state index in [1.165, 1.54) is 24.3 Å². The van der Waals surface area contributed by atoms with Crippen LogP contribution in [0.3, 0.4) is 0 Å². The number of likely N-dealkylation sites (tertiary alicyclic amines) is 1. The van der Waals surface area contributed by atoms with Crippen molar-refractivity contribution in [1.82, 2.24) is 9.88 Å². The summed E-state index contributed by atoms with van der Waals surface area (Å²) in [5, 5.41) is 11.3. The second-order valence-corrected chi connectivity index (χ2v) is 7.47. The average molecular weight is 443 g/mol. The number of ether oxygens (including phenoxy) is 1. The van der Waals surface area contributed by atoms with E-state index in [1.807, 2.05) is 17.1 Å². The summed E-state index contributed by atoms with van der Waals surface area (Å²) in [6.07, 6.45) is 7.57. The monoisotopic (exact) mass is 442 g/mol. The van der Waals surface area contributed by atoms with Gasteiger partial charge in [-0.15, -0.1) is 0 Å². The Labute approximate surface area is 183 Å². The highest BCUT2D eigenvalue weighted by molar-refractivity contribution is 6.46. The summed E-state index contributed by atoms with van der Waals surface area (Å²) in [5.41, 5.74) is 0.277. The molecule has 1 aliphatic rings. The molecule has 0 bridgehead atoms. The molecule has 1 fully saturated rings. The molecule has 2 aromatic heterocycles. The number of aliphatic hydroxyl groups is 1. The highest BCUT2D eigenvalue weighted by Crippen LogP contribution is 2.40. The molecule has 1 atom stereocenters. The fraction of sp³-hybridized carbons (Fsp3) is 0.227. The van der Waals surface area contributed by atoms with Crippen molar-refractivity contribution >= 4 is 29.1 Å². The number of hydrogen-bond acceptors (Lipinski definition) is 5. The summed E-state index contributed by atoms with van der Waals surface area (Å²) >= 11 is 6.18. The summed E-state index contributed by atoms with van der Waals surface area (Å²) in [7, 11) is 1.48. The van der Waals surface area contributed by atoms with Crippen molar-refractivity contribution in [2.75, 3.05) is 13.7 Å². The number of hydrogen-bond donors (Lipinski definition) is 2. The van der Waals surface area contributed by atoms with Crippen LogP contribution in [0.1, 0.15) is 23.8 Å². The summed E-state index contributed by atoms with van der Waals surface area (Å²) < 4.78 is 12.6. The minimum atomic E-state index is -0.827. The van der Waals surface area contributed by atoms with E-state index < -0.39 is 17.7 Å². The van der Waals surface area contributed by atoms with Crippen molar-refractivity contribution in [1.29, 1.82) is 0 Å². The fourth-order valence-corrected chi connectivity index (χ4v) is 3.96. The zero-order chi connectivity index (χ0) is 22.0. The lowest BCUT2D eigenvalue weighted by Crippen LogP contribution is -2.35. The number of Topliss-reactive ketones (excluding diaryl/α,β-unsaturated/α-hetero) is 1. The largest absolute Gasteiger partial charge is 0.507 e. The lowest BCUT2D eigenvalue weighted by molar-refractivity contribution is -0.695. The number of amides is 1. The molecule has 2 N–H and O–H groups in total. The Morgan fingerprint density at radius 3 is 2.84 bits per heavy atom. The second-order valence-electron chi connectivity index (χ2n) is 7.06. The molecule has 1 saturated heterocycles. The molecule has 0 saturated carbocycles. The van der Waals surface area contributed by atoms with Crippen molar-refractivity contribution < 1.29 is 28.4 Å². The van der Waals surface area contributed by atoms with E-state index in [4.69, 9.17) is 20.8 Å². The van der Waals surface area contributed by atoms with Gasteiger partial charge in [0.2, 0.25) is 6.33 Å². The maximum Gasteiger partial charge on any atom is 0.295 e. The van der Waals surface area contributed by atoms with Gasteiger partial charge in [-0.3, -0.25) is 14.6 Å². The number of H-pyrrole nitrogens is 1. The van der Waals surface area contributed by atoms with E-state index in [1.54, 1.807) is 30.5 Å². The van der Waals surface area contributed by atoms with Crippen LogP contribution in [-0.4, -0.2) is 40.3 Å². The summed E-state index contributed by atoms with van der Waals surface area (Å²) in [6.45, 7) is 0.972. The standard InChI is InChI=1S/C22H20ClN3O5/c1-30-16-6-5-14(12-15(16)23)20(27)18-19(17-4-2-11-31-17)26(22(29)21(18)28)9-3-8-25-10-7-24-13-25/h2,4-7,10-13,19H,3,8-9H2,1H3,(H,27,28)/p+1. The van der Waals surface area contributed by atoms with E-state index in [9.17, 15) is 14.7 Å². The lowest BCUT2D eigenvalue weighted by Gasteiger charge is -2.23. The molecule has 0 spiro atoms. The van der Waals surface area contributed by atoms with Gasteiger partial charge < -0.3 is 19.2 Å². The van der Waals surface area contributed by atoms with E-state index in [0.717, 1.165) is 0 Å². The first-order chi connectivity index (χ1) is 15.0. The molecule has 9 heteroatoms. The van der Waals surface area contributed by atoms with Gasteiger partial charge in [-0.1, -0.05) is 11.6 Å². The maximum absolute atomic E-state index is 12.9. The van der Waals surface area contributed by atoms with Gasteiger partial charge >= 0.3 is 0 Å². The van der Waals surface area contributed by atoms with Crippen LogP contribution in [0.4, 0.5) is 0 Å². The molecular formula is C22H21ClN3O5+. The summed E-state index contributed by atoms with van der Waals surface area (Å²) in [4.78, 5) is 30.2. The molecule has 4 rings (SSSR count). The Morgan fingerprint density at radius 2 is 2.19 bits per heavy atom. The molecule has 0 aliphatic carbocycles. The Kier molecular flexibility index (Phi) is 5.81. The first kappa shape index (κ1) is 20.7.